The van der Waals surface area contributed by atoms with Gasteiger partial charge in [0.2, 0.25) is 0 Å². The van der Waals surface area contributed by atoms with Gasteiger partial charge in [-0.3, -0.25) is 0 Å². The van der Waals surface area contributed by atoms with Gasteiger partial charge in [0.25, 0.3) is 0 Å². The van der Waals surface area contributed by atoms with Crippen LogP contribution in [-0.2, 0) is 19.7 Å². The third kappa shape index (κ3) is 5.01. The summed E-state index contributed by atoms with van der Waals surface area (Å²) in [7, 11) is -6.37. The van der Waals surface area contributed by atoms with Crippen molar-refractivity contribution >= 4 is 25.4 Å². The van der Waals surface area contributed by atoms with Gasteiger partial charge < -0.3 is 5.32 Å². The standard InChI is InChI=1S/C10H16N2O4S2/c1-8(7-17(2,13)14)12-9-4-5-10(11-6-9)18(3,15)16/h4-6,8,12H,7H2,1-3H3. The lowest BCUT2D eigenvalue weighted by molar-refractivity contribution is 0.597. The van der Waals surface area contributed by atoms with Crippen molar-refractivity contribution in [3.8, 4) is 0 Å². The van der Waals surface area contributed by atoms with Crippen LogP contribution in [0.25, 0.3) is 0 Å². The molecule has 0 saturated heterocycles. The molecule has 1 aromatic rings. The Kier molecular flexibility index (Phi) is 4.33. The van der Waals surface area contributed by atoms with Gasteiger partial charge in [-0.15, -0.1) is 0 Å². The Morgan fingerprint density at radius 2 is 1.83 bits per heavy atom. The maximum atomic E-state index is 11.2. The van der Waals surface area contributed by atoms with E-state index in [1.165, 1.54) is 12.3 Å². The van der Waals surface area contributed by atoms with E-state index < -0.39 is 19.7 Å². The van der Waals surface area contributed by atoms with Crippen LogP contribution in [0, 0.1) is 0 Å². The smallest absolute Gasteiger partial charge is 0.192 e. The topological polar surface area (TPSA) is 93.2 Å². The van der Waals surface area contributed by atoms with Gasteiger partial charge in [-0.25, -0.2) is 21.8 Å². The average molecular weight is 292 g/mol. The van der Waals surface area contributed by atoms with E-state index in [1.807, 2.05) is 0 Å². The number of nitrogens with one attached hydrogen (secondary N) is 1. The predicted molar refractivity (Wildman–Crippen MR) is 70.1 cm³/mol. The lowest BCUT2D eigenvalue weighted by atomic mass is 10.3. The summed E-state index contributed by atoms with van der Waals surface area (Å²) in [5.41, 5.74) is 0.582. The Balaban J connectivity index is 2.76. The van der Waals surface area contributed by atoms with Crippen LogP contribution in [0.2, 0.25) is 0 Å². The number of sulfone groups is 2. The molecule has 1 N–H and O–H groups in total. The molecule has 0 bridgehead atoms. The summed E-state index contributed by atoms with van der Waals surface area (Å²) in [5, 5.41) is 2.93. The minimum Gasteiger partial charge on any atom is -0.380 e. The fraction of sp³-hybridized carbons (Fsp3) is 0.500. The van der Waals surface area contributed by atoms with Crippen LogP contribution in [0.15, 0.2) is 23.4 Å². The molecule has 1 aromatic heterocycles. The van der Waals surface area contributed by atoms with Gasteiger partial charge in [-0.2, -0.15) is 0 Å². The molecule has 1 unspecified atom stereocenters. The van der Waals surface area contributed by atoms with Gasteiger partial charge in [-0.05, 0) is 19.1 Å². The largest absolute Gasteiger partial charge is 0.380 e. The summed E-state index contributed by atoms with van der Waals surface area (Å²) in [6.45, 7) is 1.73. The summed E-state index contributed by atoms with van der Waals surface area (Å²) >= 11 is 0. The van der Waals surface area contributed by atoms with E-state index >= 15 is 0 Å². The summed E-state index contributed by atoms with van der Waals surface area (Å²) in [5.74, 6) is 0.000821. The normalized spacial score (nSPS) is 14.2. The molecule has 8 heteroatoms. The molecule has 1 heterocycles. The van der Waals surface area contributed by atoms with Crippen LogP contribution in [0.5, 0.6) is 0 Å². The Labute approximate surface area is 107 Å². The van der Waals surface area contributed by atoms with Crippen LogP contribution in [0.4, 0.5) is 5.69 Å². The number of hydrogen-bond acceptors (Lipinski definition) is 6. The van der Waals surface area contributed by atoms with E-state index in [0.29, 0.717) is 5.69 Å². The zero-order valence-electron chi connectivity index (χ0n) is 10.4. The molecule has 0 aliphatic rings. The highest BCUT2D eigenvalue weighted by atomic mass is 32.2. The van der Waals surface area contributed by atoms with Crippen LogP contribution in [0.1, 0.15) is 6.92 Å². The lowest BCUT2D eigenvalue weighted by Gasteiger charge is -2.13. The molecular formula is C10H16N2O4S2. The number of anilines is 1. The van der Waals surface area contributed by atoms with Gasteiger partial charge in [-0.1, -0.05) is 0 Å². The number of hydrogen-bond donors (Lipinski definition) is 1. The first-order chi connectivity index (χ1) is 8.08. The second-order valence-electron chi connectivity index (χ2n) is 4.30. The summed E-state index contributed by atoms with van der Waals surface area (Å²) in [4.78, 5) is 3.80. The Morgan fingerprint density at radius 3 is 2.22 bits per heavy atom. The maximum absolute atomic E-state index is 11.2. The molecule has 0 amide bonds. The molecule has 0 aromatic carbocycles. The van der Waals surface area contributed by atoms with E-state index in [0.717, 1.165) is 12.5 Å². The Hall–Kier alpha value is -1.15. The van der Waals surface area contributed by atoms with Crippen molar-refractivity contribution < 1.29 is 16.8 Å². The lowest BCUT2D eigenvalue weighted by Crippen LogP contribution is -2.25. The van der Waals surface area contributed by atoms with Gasteiger partial charge in [0.05, 0.1) is 17.6 Å². The van der Waals surface area contributed by atoms with Gasteiger partial charge in [0, 0.05) is 18.6 Å². The van der Waals surface area contributed by atoms with E-state index in [-0.39, 0.29) is 16.8 Å². The molecule has 102 valence electrons. The predicted octanol–water partition coefficient (Wildman–Crippen LogP) is 0.330. The minimum absolute atomic E-state index is 0.000821. The van der Waals surface area contributed by atoms with Crippen molar-refractivity contribution in [1.82, 2.24) is 4.98 Å². The highest BCUT2D eigenvalue weighted by molar-refractivity contribution is 7.90. The Bertz CT molecular complexity index is 606. The fourth-order valence-electron chi connectivity index (χ4n) is 1.47. The quantitative estimate of drug-likeness (QED) is 0.840. The third-order valence-corrected chi connectivity index (χ3v) is 4.19. The van der Waals surface area contributed by atoms with Crippen molar-refractivity contribution in [2.75, 3.05) is 23.6 Å². The molecule has 1 rings (SSSR count). The molecule has 0 saturated carbocycles. The van der Waals surface area contributed by atoms with E-state index in [2.05, 4.69) is 10.3 Å². The highest BCUT2D eigenvalue weighted by Gasteiger charge is 2.12. The molecular weight excluding hydrogens is 276 g/mol. The van der Waals surface area contributed by atoms with Crippen LogP contribution < -0.4 is 5.32 Å². The minimum atomic E-state index is -3.31. The molecule has 0 radical (unpaired) electrons. The summed E-state index contributed by atoms with van der Waals surface area (Å²) in [6.07, 6.45) is 3.61. The monoisotopic (exact) mass is 292 g/mol. The molecule has 1 atom stereocenters. The van der Waals surface area contributed by atoms with Crippen molar-refractivity contribution in [3.63, 3.8) is 0 Å². The maximum Gasteiger partial charge on any atom is 0.192 e. The van der Waals surface area contributed by atoms with E-state index in [1.54, 1.807) is 13.0 Å². The van der Waals surface area contributed by atoms with Crippen LogP contribution in [-0.4, -0.2) is 46.1 Å². The molecule has 6 nitrogen and oxygen atoms in total. The summed E-state index contributed by atoms with van der Waals surface area (Å²) < 4.78 is 44.5. The van der Waals surface area contributed by atoms with Crippen LogP contribution >= 0.6 is 0 Å². The first-order valence-electron chi connectivity index (χ1n) is 5.18. The molecule has 0 aliphatic heterocycles. The van der Waals surface area contributed by atoms with Crippen molar-refractivity contribution in [2.24, 2.45) is 0 Å². The summed E-state index contributed by atoms with van der Waals surface area (Å²) in [6, 6.07) is 2.67. The first-order valence-corrected chi connectivity index (χ1v) is 9.13. The van der Waals surface area contributed by atoms with Crippen molar-refractivity contribution in [3.05, 3.63) is 18.3 Å². The number of pyridine rings is 1. The van der Waals surface area contributed by atoms with Gasteiger partial charge in [0.1, 0.15) is 9.84 Å². The van der Waals surface area contributed by atoms with Crippen molar-refractivity contribution in [1.29, 1.82) is 0 Å². The molecule has 0 spiro atoms. The van der Waals surface area contributed by atoms with Gasteiger partial charge in [0.15, 0.2) is 14.9 Å². The zero-order valence-corrected chi connectivity index (χ0v) is 12.0. The average Bonchev–Trinajstić information content (AvgIpc) is 2.13. The fourth-order valence-corrected chi connectivity index (χ4v) is 3.02. The molecule has 18 heavy (non-hydrogen) atoms. The van der Waals surface area contributed by atoms with Crippen LogP contribution in [0.3, 0.4) is 0 Å². The van der Waals surface area contributed by atoms with E-state index in [4.69, 9.17) is 0 Å². The molecule has 0 fully saturated rings. The highest BCUT2D eigenvalue weighted by Crippen LogP contribution is 2.11. The third-order valence-electron chi connectivity index (χ3n) is 2.08. The zero-order chi connectivity index (χ0) is 14.0. The first kappa shape index (κ1) is 14.9. The van der Waals surface area contributed by atoms with Gasteiger partial charge >= 0.3 is 0 Å². The second kappa shape index (κ2) is 5.23. The number of aromatic nitrogens is 1. The molecule has 0 aliphatic carbocycles. The second-order valence-corrected chi connectivity index (χ2v) is 8.44. The van der Waals surface area contributed by atoms with Crippen molar-refractivity contribution in [2.45, 2.75) is 18.0 Å². The SMILES string of the molecule is CC(CS(C)(=O)=O)Nc1ccc(S(C)(=O)=O)nc1. The number of rotatable bonds is 5. The Morgan fingerprint density at radius 1 is 1.22 bits per heavy atom. The van der Waals surface area contributed by atoms with E-state index in [9.17, 15) is 16.8 Å². The number of nitrogens with zero attached hydrogens (tertiary/aromatic N) is 1.